The summed E-state index contributed by atoms with van der Waals surface area (Å²) in [5.41, 5.74) is 5.87. The lowest BCUT2D eigenvalue weighted by Gasteiger charge is -2.44. The van der Waals surface area contributed by atoms with Gasteiger partial charge in [0, 0.05) is 25.2 Å². The minimum absolute atomic E-state index is 0.815. The van der Waals surface area contributed by atoms with Gasteiger partial charge in [-0.3, -0.25) is 4.90 Å². The Morgan fingerprint density at radius 3 is 2.06 bits per heavy atom. The number of hydrogen-bond donors (Lipinski definition) is 1. The lowest BCUT2D eigenvalue weighted by molar-refractivity contribution is 0.0566. The Morgan fingerprint density at radius 2 is 1.50 bits per heavy atom. The third-order valence-electron chi connectivity index (χ3n) is 5.05. The van der Waals surface area contributed by atoms with Gasteiger partial charge in [-0.25, -0.2) is 0 Å². The third-order valence-corrected chi connectivity index (χ3v) is 5.05. The number of nitrogens with zero attached hydrogens (tertiary/aromatic N) is 1. The second kappa shape index (κ2) is 6.91. The van der Waals surface area contributed by atoms with E-state index < -0.39 is 0 Å². The highest BCUT2D eigenvalue weighted by Crippen LogP contribution is 2.34. The van der Waals surface area contributed by atoms with Crippen LogP contribution >= 0.6 is 0 Å². The van der Waals surface area contributed by atoms with E-state index in [1.54, 1.807) is 0 Å². The summed E-state index contributed by atoms with van der Waals surface area (Å²) in [4.78, 5) is 2.80. The molecule has 2 aliphatic rings. The van der Waals surface area contributed by atoms with Gasteiger partial charge in [0.15, 0.2) is 0 Å². The number of rotatable bonds is 4. The van der Waals surface area contributed by atoms with Crippen molar-refractivity contribution in [2.45, 2.75) is 77.3 Å². The molecule has 2 rings (SSSR count). The molecule has 2 aliphatic carbocycles. The van der Waals surface area contributed by atoms with Crippen LogP contribution in [0.1, 0.15) is 65.2 Å². The van der Waals surface area contributed by atoms with Crippen LogP contribution in [-0.4, -0.2) is 30.1 Å². The molecule has 0 amide bonds. The van der Waals surface area contributed by atoms with E-state index in [2.05, 4.69) is 18.7 Å². The summed E-state index contributed by atoms with van der Waals surface area (Å²) in [5, 5.41) is 0. The highest BCUT2D eigenvalue weighted by atomic mass is 15.2. The molecule has 0 aromatic rings. The summed E-state index contributed by atoms with van der Waals surface area (Å²) in [7, 11) is 0. The maximum atomic E-state index is 5.87. The highest BCUT2D eigenvalue weighted by Gasteiger charge is 2.32. The van der Waals surface area contributed by atoms with E-state index in [0.29, 0.717) is 0 Å². The van der Waals surface area contributed by atoms with Crippen molar-refractivity contribution in [3.05, 3.63) is 0 Å². The zero-order valence-electron chi connectivity index (χ0n) is 12.4. The first-order valence-electron chi connectivity index (χ1n) is 8.16. The molecule has 106 valence electrons. The largest absolute Gasteiger partial charge is 0.329 e. The van der Waals surface area contributed by atoms with E-state index in [1.165, 1.54) is 51.4 Å². The topological polar surface area (TPSA) is 29.3 Å². The van der Waals surface area contributed by atoms with Crippen LogP contribution in [0, 0.1) is 11.8 Å². The second-order valence-corrected chi connectivity index (χ2v) is 6.89. The summed E-state index contributed by atoms with van der Waals surface area (Å²) >= 11 is 0. The molecule has 2 heteroatoms. The molecule has 0 aliphatic heterocycles. The first kappa shape index (κ1) is 14.3. The quantitative estimate of drug-likeness (QED) is 0.831. The normalized spacial score (nSPS) is 35.0. The van der Waals surface area contributed by atoms with Crippen molar-refractivity contribution in [2.24, 2.45) is 17.6 Å². The van der Waals surface area contributed by atoms with Gasteiger partial charge < -0.3 is 5.73 Å². The summed E-state index contributed by atoms with van der Waals surface area (Å²) in [6.07, 6.45) is 11.4. The van der Waals surface area contributed by atoms with Gasteiger partial charge in [-0.2, -0.15) is 0 Å². The molecule has 0 heterocycles. The summed E-state index contributed by atoms with van der Waals surface area (Å²) < 4.78 is 0. The van der Waals surface area contributed by atoms with Gasteiger partial charge >= 0.3 is 0 Å². The molecule has 2 nitrogen and oxygen atoms in total. The van der Waals surface area contributed by atoms with E-state index in [1.807, 2.05) is 0 Å². The van der Waals surface area contributed by atoms with Gasteiger partial charge in [0.05, 0.1) is 0 Å². The molecule has 2 saturated carbocycles. The van der Waals surface area contributed by atoms with Crippen molar-refractivity contribution in [1.29, 1.82) is 0 Å². The first-order chi connectivity index (χ1) is 8.70. The van der Waals surface area contributed by atoms with Crippen LogP contribution in [0.2, 0.25) is 0 Å². The predicted octanol–water partition coefficient (Wildman–Crippen LogP) is 3.40. The molecular formula is C16H32N2. The molecule has 0 radical (unpaired) electrons. The Kier molecular flexibility index (Phi) is 5.50. The predicted molar refractivity (Wildman–Crippen MR) is 78.6 cm³/mol. The number of nitrogens with two attached hydrogens (primary N) is 1. The molecular weight excluding hydrogens is 220 g/mol. The van der Waals surface area contributed by atoms with Crippen molar-refractivity contribution < 1.29 is 0 Å². The van der Waals surface area contributed by atoms with E-state index in [4.69, 9.17) is 5.73 Å². The van der Waals surface area contributed by atoms with Crippen LogP contribution in [-0.2, 0) is 0 Å². The van der Waals surface area contributed by atoms with E-state index in [-0.39, 0.29) is 0 Å². The van der Waals surface area contributed by atoms with Gasteiger partial charge in [0.1, 0.15) is 0 Å². The van der Waals surface area contributed by atoms with Crippen LogP contribution in [0.3, 0.4) is 0 Å². The van der Waals surface area contributed by atoms with Gasteiger partial charge in [-0.15, -0.1) is 0 Å². The van der Waals surface area contributed by atoms with E-state index >= 15 is 0 Å². The molecule has 2 unspecified atom stereocenters. The zero-order valence-corrected chi connectivity index (χ0v) is 12.4. The Bertz CT molecular complexity index is 225. The monoisotopic (exact) mass is 252 g/mol. The third kappa shape index (κ3) is 3.71. The minimum atomic E-state index is 0.815. The van der Waals surface area contributed by atoms with Gasteiger partial charge in [0.2, 0.25) is 0 Å². The van der Waals surface area contributed by atoms with Crippen molar-refractivity contribution >= 4 is 0 Å². The maximum Gasteiger partial charge on any atom is 0.0110 e. The average molecular weight is 252 g/mol. The molecule has 0 saturated heterocycles. The molecule has 0 spiro atoms. The zero-order chi connectivity index (χ0) is 13.0. The van der Waals surface area contributed by atoms with Crippen molar-refractivity contribution in [3.8, 4) is 0 Å². The summed E-state index contributed by atoms with van der Waals surface area (Å²) in [6.45, 7) is 6.82. The molecule has 0 aromatic heterocycles. The minimum Gasteiger partial charge on any atom is -0.329 e. The van der Waals surface area contributed by atoms with Gasteiger partial charge in [0.25, 0.3) is 0 Å². The smallest absolute Gasteiger partial charge is 0.0110 e. The van der Waals surface area contributed by atoms with Crippen LogP contribution in [0.25, 0.3) is 0 Å². The first-order valence-corrected chi connectivity index (χ1v) is 8.16. The Hall–Kier alpha value is -0.0800. The Labute approximate surface area is 113 Å². The molecule has 2 fully saturated rings. The molecule has 2 N–H and O–H groups in total. The molecule has 2 atom stereocenters. The lowest BCUT2D eigenvalue weighted by Crippen LogP contribution is -2.49. The van der Waals surface area contributed by atoms with Gasteiger partial charge in [-0.1, -0.05) is 33.1 Å². The van der Waals surface area contributed by atoms with Crippen molar-refractivity contribution in [2.75, 3.05) is 13.1 Å². The van der Waals surface area contributed by atoms with Crippen molar-refractivity contribution in [1.82, 2.24) is 4.90 Å². The maximum absolute atomic E-state index is 5.87. The second-order valence-electron chi connectivity index (χ2n) is 6.89. The van der Waals surface area contributed by atoms with Crippen LogP contribution in [0.5, 0.6) is 0 Å². The average Bonchev–Trinajstić information content (AvgIpc) is 2.36. The molecule has 0 aromatic carbocycles. The Balaban J connectivity index is 1.98. The fourth-order valence-corrected chi connectivity index (χ4v) is 4.40. The molecule has 18 heavy (non-hydrogen) atoms. The SMILES string of the molecule is CC1CC(C)CC(N(CCN)C2CCCCC2)C1. The van der Waals surface area contributed by atoms with E-state index in [9.17, 15) is 0 Å². The lowest BCUT2D eigenvalue weighted by atomic mass is 9.78. The summed E-state index contributed by atoms with van der Waals surface area (Å²) in [6, 6.07) is 1.65. The Morgan fingerprint density at radius 1 is 0.889 bits per heavy atom. The van der Waals surface area contributed by atoms with Gasteiger partial charge in [-0.05, 0) is 43.9 Å². The van der Waals surface area contributed by atoms with Crippen LogP contribution in [0.4, 0.5) is 0 Å². The fraction of sp³-hybridized carbons (Fsp3) is 1.00. The highest BCUT2D eigenvalue weighted by molar-refractivity contribution is 4.87. The van der Waals surface area contributed by atoms with Crippen molar-refractivity contribution in [3.63, 3.8) is 0 Å². The summed E-state index contributed by atoms with van der Waals surface area (Å²) in [5.74, 6) is 1.81. The fourth-order valence-electron chi connectivity index (χ4n) is 4.40. The standard InChI is InChI=1S/C16H32N2/c1-13-10-14(2)12-16(11-13)18(9-8-17)15-6-4-3-5-7-15/h13-16H,3-12,17H2,1-2H3. The van der Waals surface area contributed by atoms with Crippen LogP contribution < -0.4 is 5.73 Å². The molecule has 0 bridgehead atoms. The van der Waals surface area contributed by atoms with Crippen LogP contribution in [0.15, 0.2) is 0 Å². The number of hydrogen-bond acceptors (Lipinski definition) is 2. The van der Waals surface area contributed by atoms with E-state index in [0.717, 1.165) is 37.0 Å².